The van der Waals surface area contributed by atoms with Crippen molar-refractivity contribution in [2.45, 2.75) is 12.4 Å². The lowest BCUT2D eigenvalue weighted by atomic mass is 10.1. The number of amides is 1. The van der Waals surface area contributed by atoms with Crippen LogP contribution in [0, 0.1) is 5.82 Å². The molecule has 0 bridgehead atoms. The van der Waals surface area contributed by atoms with E-state index in [1.807, 2.05) is 0 Å². The molecule has 106 valence electrons. The summed E-state index contributed by atoms with van der Waals surface area (Å²) < 4.78 is 57.1. The number of alkyl halides is 3. The predicted octanol–water partition coefficient (Wildman–Crippen LogP) is 2.93. The highest BCUT2D eigenvalue weighted by Gasteiger charge is 2.33. The van der Waals surface area contributed by atoms with E-state index in [9.17, 15) is 22.4 Å². The molecule has 0 aliphatic carbocycles. The van der Waals surface area contributed by atoms with Gasteiger partial charge in [0, 0.05) is 0 Å². The smallest absolute Gasteiger partial charge is 0.447 e. The van der Waals surface area contributed by atoms with Crippen LogP contribution < -0.4 is 10.1 Å². The van der Waals surface area contributed by atoms with E-state index in [0.29, 0.717) is 5.56 Å². The molecule has 1 aromatic carbocycles. The fourth-order valence-corrected chi connectivity index (χ4v) is 1.51. The molecule has 1 saturated heterocycles. The first-order chi connectivity index (χ1) is 8.35. The average Bonchev–Trinajstić information content (AvgIpc) is 2.66. The summed E-state index contributed by atoms with van der Waals surface area (Å²) in [5.74, 6) is -2.08. The fraction of sp³-hybridized carbons (Fsp3) is 0.300. The van der Waals surface area contributed by atoms with Gasteiger partial charge in [0.15, 0.2) is 11.6 Å². The first-order valence-electron chi connectivity index (χ1n) is 4.83. The zero-order chi connectivity index (χ0) is 13.3. The molecule has 1 aliphatic rings. The summed E-state index contributed by atoms with van der Waals surface area (Å²) in [6.45, 7) is -0.00223. The lowest BCUT2D eigenvalue weighted by molar-refractivity contribution is -0.275. The number of carbonyl (C=O) groups is 1. The van der Waals surface area contributed by atoms with Crippen LogP contribution in [-0.2, 0) is 4.74 Å². The first-order valence-corrected chi connectivity index (χ1v) is 4.83. The molecule has 1 heterocycles. The molecule has 0 spiro atoms. The van der Waals surface area contributed by atoms with E-state index >= 15 is 0 Å². The molecule has 4 nitrogen and oxygen atoms in total. The quantitative estimate of drug-likeness (QED) is 0.854. The van der Waals surface area contributed by atoms with Crippen molar-refractivity contribution in [1.82, 2.24) is 5.32 Å². The van der Waals surface area contributed by atoms with Crippen molar-refractivity contribution in [3.63, 3.8) is 0 Å². The second kappa shape index (κ2) is 5.52. The predicted molar refractivity (Wildman–Crippen MR) is 57.6 cm³/mol. The SMILES string of the molecule is Cl.O=C1N[C@@H](c2ccc(OC(F)(F)F)c(F)c2)CO1. The van der Waals surface area contributed by atoms with Crippen LogP contribution in [0.3, 0.4) is 0 Å². The molecular weight excluding hydrogens is 294 g/mol. The second-order valence-corrected chi connectivity index (χ2v) is 3.53. The van der Waals surface area contributed by atoms with Crippen LogP contribution in [0.4, 0.5) is 22.4 Å². The van der Waals surface area contributed by atoms with Crippen molar-refractivity contribution in [3.05, 3.63) is 29.6 Å². The highest BCUT2D eigenvalue weighted by molar-refractivity contribution is 5.85. The number of ether oxygens (including phenoxy) is 2. The number of hydrogen-bond acceptors (Lipinski definition) is 3. The van der Waals surface area contributed by atoms with E-state index in [0.717, 1.165) is 12.1 Å². The Morgan fingerprint density at radius 3 is 2.53 bits per heavy atom. The fourth-order valence-electron chi connectivity index (χ4n) is 1.51. The van der Waals surface area contributed by atoms with Crippen LogP contribution in [0.1, 0.15) is 11.6 Å². The number of hydrogen-bond donors (Lipinski definition) is 1. The molecule has 19 heavy (non-hydrogen) atoms. The van der Waals surface area contributed by atoms with Gasteiger partial charge in [0.25, 0.3) is 0 Å². The van der Waals surface area contributed by atoms with Gasteiger partial charge in [-0.15, -0.1) is 25.6 Å². The molecule has 0 unspecified atom stereocenters. The monoisotopic (exact) mass is 301 g/mol. The van der Waals surface area contributed by atoms with Crippen LogP contribution in [0.5, 0.6) is 5.75 Å². The van der Waals surface area contributed by atoms with Crippen molar-refractivity contribution in [1.29, 1.82) is 0 Å². The van der Waals surface area contributed by atoms with Crippen molar-refractivity contribution in [3.8, 4) is 5.75 Å². The van der Waals surface area contributed by atoms with Crippen LogP contribution in [0.15, 0.2) is 18.2 Å². The van der Waals surface area contributed by atoms with Gasteiger partial charge in [0.1, 0.15) is 6.61 Å². The summed E-state index contributed by atoms with van der Waals surface area (Å²) in [4.78, 5) is 10.8. The minimum atomic E-state index is -4.95. The number of benzene rings is 1. The maximum Gasteiger partial charge on any atom is 0.573 e. The summed E-state index contributed by atoms with van der Waals surface area (Å²) in [5.41, 5.74) is 0.299. The molecule has 1 aliphatic heterocycles. The van der Waals surface area contributed by atoms with Gasteiger partial charge in [0.05, 0.1) is 6.04 Å². The molecule has 0 radical (unpaired) electrons. The molecule has 1 aromatic rings. The van der Waals surface area contributed by atoms with Crippen molar-refractivity contribution in [2.24, 2.45) is 0 Å². The number of carbonyl (C=O) groups excluding carboxylic acids is 1. The Kier molecular flexibility index (Phi) is 4.46. The zero-order valence-corrected chi connectivity index (χ0v) is 9.98. The molecule has 1 N–H and O–H groups in total. The van der Waals surface area contributed by atoms with E-state index in [1.165, 1.54) is 6.07 Å². The molecule has 1 atom stereocenters. The standard InChI is InChI=1S/C10H7F4NO3.ClH/c11-6-3-5(7-4-17-9(16)15-7)1-2-8(6)18-10(12,13)14;/h1-3,7H,4H2,(H,15,16);1H/t7-;/m1./s1. The Morgan fingerprint density at radius 1 is 1.37 bits per heavy atom. The van der Waals surface area contributed by atoms with Crippen LogP contribution >= 0.6 is 12.4 Å². The third-order valence-electron chi connectivity index (χ3n) is 2.26. The Labute approximate surface area is 111 Å². The Hall–Kier alpha value is -1.70. The lowest BCUT2D eigenvalue weighted by Gasteiger charge is -2.12. The summed E-state index contributed by atoms with van der Waals surface area (Å²) in [6, 6.07) is 2.36. The van der Waals surface area contributed by atoms with E-state index < -0.39 is 30.1 Å². The molecule has 0 saturated carbocycles. The molecule has 2 rings (SSSR count). The van der Waals surface area contributed by atoms with E-state index in [1.54, 1.807) is 0 Å². The molecule has 0 aromatic heterocycles. The maximum absolute atomic E-state index is 13.4. The van der Waals surface area contributed by atoms with Gasteiger partial charge in [-0.2, -0.15) is 0 Å². The Bertz CT molecular complexity index is 480. The molecule has 9 heteroatoms. The van der Waals surface area contributed by atoms with Gasteiger partial charge in [-0.25, -0.2) is 9.18 Å². The topological polar surface area (TPSA) is 47.6 Å². The van der Waals surface area contributed by atoms with Gasteiger partial charge in [-0.3, -0.25) is 0 Å². The highest BCUT2D eigenvalue weighted by atomic mass is 35.5. The summed E-state index contributed by atoms with van der Waals surface area (Å²) >= 11 is 0. The molecule has 1 amide bonds. The van der Waals surface area contributed by atoms with Gasteiger partial charge in [0.2, 0.25) is 0 Å². The lowest BCUT2D eigenvalue weighted by Crippen LogP contribution is -2.20. The van der Waals surface area contributed by atoms with Gasteiger partial charge in [-0.1, -0.05) is 6.07 Å². The first kappa shape index (κ1) is 15.4. The van der Waals surface area contributed by atoms with Crippen LogP contribution in [0.2, 0.25) is 0 Å². The average molecular weight is 302 g/mol. The highest BCUT2D eigenvalue weighted by Crippen LogP contribution is 2.28. The zero-order valence-electron chi connectivity index (χ0n) is 9.16. The minimum Gasteiger partial charge on any atom is -0.447 e. The van der Waals surface area contributed by atoms with Gasteiger partial charge >= 0.3 is 12.5 Å². The van der Waals surface area contributed by atoms with Crippen LogP contribution in [-0.4, -0.2) is 19.1 Å². The number of halogens is 5. The number of nitrogens with one attached hydrogen (secondary N) is 1. The van der Waals surface area contributed by atoms with Crippen molar-refractivity contribution >= 4 is 18.5 Å². The number of alkyl carbamates (subject to hydrolysis) is 1. The van der Waals surface area contributed by atoms with E-state index in [4.69, 9.17) is 0 Å². The summed E-state index contributed by atoms with van der Waals surface area (Å²) in [7, 11) is 0. The maximum atomic E-state index is 13.4. The van der Waals surface area contributed by atoms with Crippen LogP contribution in [0.25, 0.3) is 0 Å². The second-order valence-electron chi connectivity index (χ2n) is 3.53. The van der Waals surface area contributed by atoms with E-state index in [2.05, 4.69) is 14.8 Å². The molecular formula is C10H8ClF4NO3. The normalized spacial score (nSPS) is 18.3. The summed E-state index contributed by atoms with van der Waals surface area (Å²) in [6.07, 6.45) is -5.61. The number of rotatable bonds is 2. The Morgan fingerprint density at radius 2 is 2.05 bits per heavy atom. The van der Waals surface area contributed by atoms with Gasteiger partial charge < -0.3 is 14.8 Å². The molecule has 1 fully saturated rings. The largest absolute Gasteiger partial charge is 0.573 e. The summed E-state index contributed by atoms with van der Waals surface area (Å²) in [5, 5.41) is 2.37. The Balaban J connectivity index is 0.00000180. The van der Waals surface area contributed by atoms with Crippen molar-refractivity contribution < 1.29 is 31.8 Å². The third-order valence-corrected chi connectivity index (χ3v) is 2.26. The number of cyclic esters (lactones) is 1. The van der Waals surface area contributed by atoms with E-state index in [-0.39, 0.29) is 19.0 Å². The van der Waals surface area contributed by atoms with Crippen molar-refractivity contribution in [2.75, 3.05) is 6.61 Å². The van der Waals surface area contributed by atoms with Gasteiger partial charge in [-0.05, 0) is 17.7 Å². The minimum absolute atomic E-state index is 0. The third kappa shape index (κ3) is 3.88.